The van der Waals surface area contributed by atoms with E-state index in [9.17, 15) is 0 Å². The molecule has 0 bridgehead atoms. The number of aryl methyl sites for hydroxylation is 1. The van der Waals surface area contributed by atoms with E-state index in [1.165, 1.54) is 27.5 Å². The first-order valence-corrected chi connectivity index (χ1v) is 8.39. The van der Waals surface area contributed by atoms with Gasteiger partial charge in [-0.1, -0.05) is 79.7 Å². The Hall–Kier alpha value is -2.93. The van der Waals surface area contributed by atoms with Gasteiger partial charge in [0.1, 0.15) is 0 Å². The first-order valence-electron chi connectivity index (χ1n) is 8.39. The number of hydrogen-bond acceptors (Lipinski definition) is 1. The predicted octanol–water partition coefficient (Wildman–Crippen LogP) is 6.13. The molecular weight excluding hydrogens is 290 g/mol. The Labute approximate surface area is 142 Å². The number of aromatic nitrogens is 1. The second-order valence-electron chi connectivity index (χ2n) is 5.98. The molecule has 3 aromatic carbocycles. The molecule has 0 aliphatic carbocycles. The van der Waals surface area contributed by atoms with Crippen molar-refractivity contribution in [1.29, 1.82) is 0 Å². The van der Waals surface area contributed by atoms with Crippen molar-refractivity contribution in [2.75, 3.05) is 0 Å². The monoisotopic (exact) mass is 309 g/mol. The third-order valence-electron chi connectivity index (χ3n) is 4.51. The minimum absolute atomic E-state index is 0.989. The zero-order chi connectivity index (χ0) is 16.4. The molecule has 0 fully saturated rings. The van der Waals surface area contributed by atoms with E-state index in [2.05, 4.69) is 79.7 Å². The summed E-state index contributed by atoms with van der Waals surface area (Å²) < 4.78 is 0. The summed E-state index contributed by atoms with van der Waals surface area (Å²) in [5.74, 6) is 0. The summed E-state index contributed by atoms with van der Waals surface area (Å²) in [6.07, 6.45) is 3.01. The predicted molar refractivity (Wildman–Crippen MR) is 102 cm³/mol. The molecule has 0 spiro atoms. The van der Waals surface area contributed by atoms with Crippen molar-refractivity contribution >= 4 is 10.8 Å². The molecule has 0 atom stereocenters. The van der Waals surface area contributed by atoms with E-state index in [0.717, 1.165) is 17.7 Å². The highest BCUT2D eigenvalue weighted by molar-refractivity contribution is 5.98. The van der Waals surface area contributed by atoms with Gasteiger partial charge in [0.25, 0.3) is 0 Å². The fourth-order valence-corrected chi connectivity index (χ4v) is 3.22. The van der Waals surface area contributed by atoms with E-state index in [0.29, 0.717) is 0 Å². The van der Waals surface area contributed by atoms with Gasteiger partial charge in [0.15, 0.2) is 0 Å². The Balaban J connectivity index is 1.99. The fourth-order valence-electron chi connectivity index (χ4n) is 3.22. The van der Waals surface area contributed by atoms with Crippen molar-refractivity contribution in [3.63, 3.8) is 0 Å². The number of nitrogens with zero attached hydrogens (tertiary/aromatic N) is 1. The van der Waals surface area contributed by atoms with Crippen LogP contribution in [0.4, 0.5) is 0 Å². The van der Waals surface area contributed by atoms with Crippen LogP contribution in [0.15, 0.2) is 85.1 Å². The van der Waals surface area contributed by atoms with Crippen LogP contribution in [0.1, 0.15) is 12.5 Å². The highest BCUT2D eigenvalue weighted by Crippen LogP contribution is 2.32. The fraction of sp³-hybridized carbons (Fsp3) is 0.0870. The van der Waals surface area contributed by atoms with Crippen LogP contribution in [0.3, 0.4) is 0 Å². The van der Waals surface area contributed by atoms with Crippen molar-refractivity contribution in [2.45, 2.75) is 13.3 Å². The standard InChI is InChI=1S/C23H19N/c1-2-17-16-24-23(19-11-7-4-8-12-19)22-15-20(13-14-21(17)22)18-9-5-3-6-10-18/h3-16H,2H2,1H3. The molecule has 0 radical (unpaired) electrons. The Kier molecular flexibility index (Phi) is 3.84. The molecule has 1 aromatic heterocycles. The summed E-state index contributed by atoms with van der Waals surface area (Å²) in [7, 11) is 0. The van der Waals surface area contributed by atoms with E-state index in [4.69, 9.17) is 4.98 Å². The zero-order valence-electron chi connectivity index (χ0n) is 13.7. The lowest BCUT2D eigenvalue weighted by atomic mass is 9.95. The van der Waals surface area contributed by atoms with Crippen LogP contribution in [-0.2, 0) is 6.42 Å². The van der Waals surface area contributed by atoms with Gasteiger partial charge in [-0.15, -0.1) is 0 Å². The molecule has 0 N–H and O–H groups in total. The summed E-state index contributed by atoms with van der Waals surface area (Å²) in [6, 6.07) is 27.7. The van der Waals surface area contributed by atoms with Crippen LogP contribution in [0.2, 0.25) is 0 Å². The maximum absolute atomic E-state index is 4.78. The third kappa shape index (κ3) is 2.59. The van der Waals surface area contributed by atoms with E-state index >= 15 is 0 Å². The molecule has 4 aromatic rings. The van der Waals surface area contributed by atoms with Gasteiger partial charge in [-0.2, -0.15) is 0 Å². The molecule has 0 aliphatic rings. The van der Waals surface area contributed by atoms with E-state index in [1.54, 1.807) is 0 Å². The Morgan fingerprint density at radius 1 is 0.667 bits per heavy atom. The molecule has 0 saturated heterocycles. The molecule has 24 heavy (non-hydrogen) atoms. The van der Waals surface area contributed by atoms with E-state index in [1.807, 2.05) is 12.3 Å². The molecule has 0 saturated carbocycles. The molecule has 1 nitrogen and oxygen atoms in total. The number of benzene rings is 3. The highest BCUT2D eigenvalue weighted by atomic mass is 14.7. The largest absolute Gasteiger partial charge is 0.255 e. The van der Waals surface area contributed by atoms with Crippen LogP contribution < -0.4 is 0 Å². The minimum Gasteiger partial charge on any atom is -0.255 e. The van der Waals surface area contributed by atoms with Gasteiger partial charge < -0.3 is 0 Å². The third-order valence-corrected chi connectivity index (χ3v) is 4.51. The Morgan fingerprint density at radius 3 is 2.00 bits per heavy atom. The van der Waals surface area contributed by atoms with Crippen LogP contribution >= 0.6 is 0 Å². The average molecular weight is 309 g/mol. The lowest BCUT2D eigenvalue weighted by Crippen LogP contribution is -1.92. The topological polar surface area (TPSA) is 12.9 Å². The maximum Gasteiger partial charge on any atom is 0.0780 e. The SMILES string of the molecule is CCc1cnc(-c2ccccc2)c2cc(-c3ccccc3)ccc12. The quantitative estimate of drug-likeness (QED) is 0.443. The molecule has 0 unspecified atom stereocenters. The second kappa shape index (κ2) is 6.29. The van der Waals surface area contributed by atoms with Gasteiger partial charge in [0.05, 0.1) is 5.69 Å². The lowest BCUT2D eigenvalue weighted by Gasteiger charge is -2.12. The van der Waals surface area contributed by atoms with E-state index < -0.39 is 0 Å². The number of pyridine rings is 1. The van der Waals surface area contributed by atoms with Crippen molar-refractivity contribution in [3.05, 3.63) is 90.6 Å². The first kappa shape index (κ1) is 14.6. The van der Waals surface area contributed by atoms with Gasteiger partial charge in [0, 0.05) is 17.1 Å². The van der Waals surface area contributed by atoms with Gasteiger partial charge in [0.2, 0.25) is 0 Å². The smallest absolute Gasteiger partial charge is 0.0780 e. The maximum atomic E-state index is 4.78. The summed E-state index contributed by atoms with van der Waals surface area (Å²) in [5, 5.41) is 2.52. The Bertz CT molecular complexity index is 973. The average Bonchev–Trinajstić information content (AvgIpc) is 2.68. The van der Waals surface area contributed by atoms with Gasteiger partial charge >= 0.3 is 0 Å². The normalized spacial score (nSPS) is 10.9. The van der Waals surface area contributed by atoms with Crippen LogP contribution in [0, 0.1) is 0 Å². The van der Waals surface area contributed by atoms with Gasteiger partial charge in [-0.3, -0.25) is 4.98 Å². The molecule has 1 heteroatoms. The molecular formula is C23H19N. The Morgan fingerprint density at radius 2 is 1.33 bits per heavy atom. The molecule has 1 heterocycles. The first-order chi connectivity index (χ1) is 11.9. The molecule has 4 rings (SSSR count). The summed E-state index contributed by atoms with van der Waals surface area (Å²) in [6.45, 7) is 2.18. The van der Waals surface area contributed by atoms with E-state index in [-0.39, 0.29) is 0 Å². The molecule has 0 aliphatic heterocycles. The number of fused-ring (bicyclic) bond motifs is 1. The molecule has 0 amide bonds. The van der Waals surface area contributed by atoms with Crippen LogP contribution in [0.5, 0.6) is 0 Å². The molecule has 116 valence electrons. The van der Waals surface area contributed by atoms with Crippen molar-refractivity contribution in [1.82, 2.24) is 4.98 Å². The number of rotatable bonds is 3. The van der Waals surface area contributed by atoms with Crippen molar-refractivity contribution < 1.29 is 0 Å². The highest BCUT2D eigenvalue weighted by Gasteiger charge is 2.10. The lowest BCUT2D eigenvalue weighted by molar-refractivity contribution is 1.13. The minimum atomic E-state index is 0.989. The van der Waals surface area contributed by atoms with Crippen molar-refractivity contribution in [2.24, 2.45) is 0 Å². The number of hydrogen-bond donors (Lipinski definition) is 0. The summed E-state index contributed by atoms with van der Waals surface area (Å²) in [4.78, 5) is 4.78. The van der Waals surface area contributed by atoms with Gasteiger partial charge in [-0.25, -0.2) is 0 Å². The summed E-state index contributed by atoms with van der Waals surface area (Å²) >= 11 is 0. The second-order valence-corrected chi connectivity index (χ2v) is 5.98. The summed E-state index contributed by atoms with van der Waals surface area (Å²) in [5.41, 5.74) is 5.98. The zero-order valence-corrected chi connectivity index (χ0v) is 13.7. The van der Waals surface area contributed by atoms with Gasteiger partial charge in [-0.05, 0) is 34.6 Å². The van der Waals surface area contributed by atoms with Crippen molar-refractivity contribution in [3.8, 4) is 22.4 Å². The van der Waals surface area contributed by atoms with Crippen LogP contribution in [0.25, 0.3) is 33.2 Å². The van der Waals surface area contributed by atoms with Crippen LogP contribution in [-0.4, -0.2) is 4.98 Å².